The third kappa shape index (κ3) is 7.99. The summed E-state index contributed by atoms with van der Waals surface area (Å²) in [5, 5.41) is 6.17. The molecule has 224 valence electrons. The summed E-state index contributed by atoms with van der Waals surface area (Å²) in [5.74, 6) is 3.81. The lowest BCUT2D eigenvalue weighted by Crippen LogP contribution is -2.15. The summed E-state index contributed by atoms with van der Waals surface area (Å²) in [6, 6.07) is 21.5. The summed E-state index contributed by atoms with van der Waals surface area (Å²) >= 11 is 0. The van der Waals surface area contributed by atoms with Crippen LogP contribution < -0.4 is 4.90 Å². The van der Waals surface area contributed by atoms with E-state index in [0.29, 0.717) is 0 Å². The van der Waals surface area contributed by atoms with Crippen molar-refractivity contribution in [1.82, 2.24) is 19.7 Å². The van der Waals surface area contributed by atoms with Crippen LogP contribution in [0.15, 0.2) is 60.7 Å². The lowest BCUT2D eigenvalue weighted by molar-refractivity contribution is 0.246. The topological polar surface area (TPSA) is 46.8 Å². The van der Waals surface area contributed by atoms with Crippen LogP contribution in [0.2, 0.25) is 0 Å². The zero-order valence-corrected chi connectivity index (χ0v) is 26.6. The van der Waals surface area contributed by atoms with E-state index in [1.807, 2.05) is 0 Å². The number of aromatic nitrogens is 4. The summed E-state index contributed by atoms with van der Waals surface area (Å²) < 4.78 is 2.26. The fraction of sp³-hybridized carbons (Fsp3) is 0.541. The van der Waals surface area contributed by atoms with Gasteiger partial charge in [0, 0.05) is 37.0 Å². The second-order valence-corrected chi connectivity index (χ2v) is 13.8. The van der Waals surface area contributed by atoms with E-state index in [2.05, 4.69) is 105 Å². The summed E-state index contributed by atoms with van der Waals surface area (Å²) in [6.45, 7) is 7.65. The molecular weight excluding hydrogens is 514 g/mol. The summed E-state index contributed by atoms with van der Waals surface area (Å²) in [5.41, 5.74) is 5.05. The first-order valence-electron chi connectivity index (χ1n) is 16.3. The molecular formula is C37H51N5. The van der Waals surface area contributed by atoms with Crippen molar-refractivity contribution in [3.63, 3.8) is 0 Å². The molecule has 0 N–H and O–H groups in total. The van der Waals surface area contributed by atoms with E-state index in [9.17, 15) is 0 Å². The first-order valence-corrected chi connectivity index (χ1v) is 16.3. The first kappa shape index (κ1) is 30.3. The number of rotatable bonds is 12. The van der Waals surface area contributed by atoms with Crippen molar-refractivity contribution in [1.29, 1.82) is 0 Å². The second kappa shape index (κ2) is 13.8. The molecule has 0 spiro atoms. The molecule has 2 aromatic carbocycles. The lowest BCUT2D eigenvalue weighted by atomic mass is 9.78. The van der Waals surface area contributed by atoms with Crippen LogP contribution in [0, 0.1) is 11.8 Å². The molecule has 0 aliphatic heterocycles. The molecule has 0 atom stereocenters. The Balaban J connectivity index is 1.04. The molecule has 0 radical (unpaired) electrons. The van der Waals surface area contributed by atoms with Crippen molar-refractivity contribution in [2.24, 2.45) is 11.8 Å². The SMILES string of the molecule is CN(C)c1nc(CCCC2CCC(CCCCc3cc(C(C)(C)C)nn3Cc3ccccc3)CC2)nc2ccccc12. The van der Waals surface area contributed by atoms with Crippen LogP contribution in [0.4, 0.5) is 5.82 Å². The molecule has 1 saturated carbocycles. The van der Waals surface area contributed by atoms with Crippen molar-refractivity contribution < 1.29 is 0 Å². The zero-order valence-electron chi connectivity index (χ0n) is 26.6. The Morgan fingerprint density at radius 3 is 2.14 bits per heavy atom. The third-order valence-corrected chi connectivity index (χ3v) is 9.13. The maximum atomic E-state index is 5.03. The molecule has 2 heterocycles. The molecule has 5 heteroatoms. The van der Waals surface area contributed by atoms with Gasteiger partial charge in [-0.1, -0.05) is 108 Å². The predicted molar refractivity (Wildman–Crippen MR) is 176 cm³/mol. The number of benzene rings is 2. The van der Waals surface area contributed by atoms with Crippen LogP contribution in [-0.2, 0) is 24.8 Å². The molecule has 0 amide bonds. The minimum absolute atomic E-state index is 0.0764. The lowest BCUT2D eigenvalue weighted by Gasteiger charge is -2.28. The van der Waals surface area contributed by atoms with E-state index in [1.165, 1.54) is 74.7 Å². The molecule has 1 aliphatic carbocycles. The molecule has 0 saturated heterocycles. The Labute approximate surface area is 253 Å². The number of nitrogens with zero attached hydrogens (tertiary/aromatic N) is 5. The summed E-state index contributed by atoms with van der Waals surface area (Å²) in [4.78, 5) is 11.9. The fourth-order valence-corrected chi connectivity index (χ4v) is 6.57. The quantitative estimate of drug-likeness (QED) is 0.161. The number of anilines is 1. The van der Waals surface area contributed by atoms with Crippen LogP contribution in [0.1, 0.15) is 101 Å². The standard InChI is InChI=1S/C37H51N5/c1-37(2,3)34-26-31(42(40-34)27-30-15-7-6-8-16-30)18-10-9-14-28-22-24-29(25-23-28)17-13-21-35-38-33-20-12-11-19-32(33)36(39-35)41(4)5/h6-8,11-12,15-16,19-20,26,28-29H,9-10,13-14,17-18,21-25,27H2,1-5H3. The zero-order chi connectivity index (χ0) is 29.5. The van der Waals surface area contributed by atoms with Gasteiger partial charge >= 0.3 is 0 Å². The van der Waals surface area contributed by atoms with Gasteiger partial charge in [0.2, 0.25) is 0 Å². The van der Waals surface area contributed by atoms with Crippen LogP contribution in [0.5, 0.6) is 0 Å². The molecule has 1 aliphatic rings. The molecule has 0 bridgehead atoms. The molecule has 2 aromatic heterocycles. The van der Waals surface area contributed by atoms with Gasteiger partial charge in [-0.05, 0) is 54.9 Å². The van der Waals surface area contributed by atoms with Crippen LogP contribution in [0.25, 0.3) is 10.9 Å². The maximum Gasteiger partial charge on any atom is 0.139 e. The smallest absolute Gasteiger partial charge is 0.139 e. The van der Waals surface area contributed by atoms with E-state index < -0.39 is 0 Å². The van der Waals surface area contributed by atoms with Crippen LogP contribution in [-0.4, -0.2) is 33.8 Å². The number of hydrogen-bond acceptors (Lipinski definition) is 4. The highest BCUT2D eigenvalue weighted by Gasteiger charge is 2.22. The number of fused-ring (bicyclic) bond motifs is 1. The molecule has 5 nitrogen and oxygen atoms in total. The molecule has 4 aromatic rings. The molecule has 1 fully saturated rings. The van der Waals surface area contributed by atoms with Crippen molar-refractivity contribution in [2.45, 2.75) is 103 Å². The van der Waals surface area contributed by atoms with E-state index in [4.69, 9.17) is 15.1 Å². The first-order chi connectivity index (χ1) is 20.3. The van der Waals surface area contributed by atoms with Crippen LogP contribution >= 0.6 is 0 Å². The van der Waals surface area contributed by atoms with Gasteiger partial charge in [0.05, 0.1) is 17.8 Å². The predicted octanol–water partition coefficient (Wildman–Crippen LogP) is 8.78. The average molecular weight is 566 g/mol. The highest BCUT2D eigenvalue weighted by atomic mass is 15.3. The third-order valence-electron chi connectivity index (χ3n) is 9.13. The van der Waals surface area contributed by atoms with Crippen LogP contribution in [0.3, 0.4) is 0 Å². The van der Waals surface area contributed by atoms with Gasteiger partial charge in [-0.3, -0.25) is 4.68 Å². The van der Waals surface area contributed by atoms with Gasteiger partial charge in [-0.25, -0.2) is 9.97 Å². The Morgan fingerprint density at radius 1 is 0.786 bits per heavy atom. The Hall–Kier alpha value is -3.21. The van der Waals surface area contributed by atoms with Gasteiger partial charge in [0.25, 0.3) is 0 Å². The minimum Gasteiger partial charge on any atom is -0.362 e. The van der Waals surface area contributed by atoms with Crippen molar-refractivity contribution in [3.8, 4) is 0 Å². The Bertz CT molecular complexity index is 1410. The Kier molecular flexibility index (Phi) is 9.97. The van der Waals surface area contributed by atoms with E-state index in [-0.39, 0.29) is 5.41 Å². The maximum absolute atomic E-state index is 5.03. The largest absolute Gasteiger partial charge is 0.362 e. The van der Waals surface area contributed by atoms with Gasteiger partial charge in [-0.15, -0.1) is 0 Å². The Morgan fingerprint density at radius 2 is 1.45 bits per heavy atom. The summed E-state index contributed by atoms with van der Waals surface area (Å²) in [7, 11) is 4.14. The minimum atomic E-state index is 0.0764. The average Bonchev–Trinajstić information content (AvgIpc) is 3.39. The van der Waals surface area contributed by atoms with Gasteiger partial charge < -0.3 is 4.90 Å². The van der Waals surface area contributed by atoms with Crippen molar-refractivity contribution in [2.75, 3.05) is 19.0 Å². The fourth-order valence-electron chi connectivity index (χ4n) is 6.57. The van der Waals surface area contributed by atoms with Crippen molar-refractivity contribution >= 4 is 16.7 Å². The highest BCUT2D eigenvalue weighted by molar-refractivity contribution is 5.89. The second-order valence-electron chi connectivity index (χ2n) is 13.8. The molecule has 0 unspecified atom stereocenters. The molecule has 5 rings (SSSR count). The van der Waals surface area contributed by atoms with Gasteiger partial charge in [0.15, 0.2) is 0 Å². The number of aryl methyl sites for hydroxylation is 2. The highest BCUT2D eigenvalue weighted by Crippen LogP contribution is 2.35. The van der Waals surface area contributed by atoms with E-state index in [1.54, 1.807) is 0 Å². The monoisotopic (exact) mass is 565 g/mol. The normalized spacial score (nSPS) is 17.5. The summed E-state index contributed by atoms with van der Waals surface area (Å²) in [6.07, 6.45) is 14.1. The number of para-hydroxylation sites is 1. The van der Waals surface area contributed by atoms with Gasteiger partial charge in [-0.2, -0.15) is 5.10 Å². The van der Waals surface area contributed by atoms with E-state index >= 15 is 0 Å². The van der Waals surface area contributed by atoms with Crippen molar-refractivity contribution in [3.05, 3.63) is 83.4 Å². The number of hydrogen-bond donors (Lipinski definition) is 0. The molecule has 42 heavy (non-hydrogen) atoms. The van der Waals surface area contributed by atoms with E-state index in [0.717, 1.165) is 53.8 Å². The number of unbranched alkanes of at least 4 members (excludes halogenated alkanes) is 1. The van der Waals surface area contributed by atoms with Gasteiger partial charge in [0.1, 0.15) is 11.6 Å².